The third kappa shape index (κ3) is 4.39. The van der Waals surface area contributed by atoms with Crippen molar-refractivity contribution in [3.8, 4) is 0 Å². The zero-order valence-electron chi connectivity index (χ0n) is 14.9. The highest BCUT2D eigenvalue weighted by Gasteiger charge is 2.35. The van der Waals surface area contributed by atoms with E-state index < -0.39 is 0 Å². The molecule has 136 valence electrons. The number of nitrogens with zero attached hydrogens (tertiary/aromatic N) is 2. The van der Waals surface area contributed by atoms with Gasteiger partial charge in [0.15, 0.2) is 0 Å². The molecule has 4 rings (SSSR count). The molecule has 1 N–H and O–H groups in total. The van der Waals surface area contributed by atoms with E-state index in [-0.39, 0.29) is 17.9 Å². The van der Waals surface area contributed by atoms with Crippen LogP contribution in [0.3, 0.4) is 0 Å². The summed E-state index contributed by atoms with van der Waals surface area (Å²) < 4.78 is 5.53. The Morgan fingerprint density at radius 3 is 2.96 bits per heavy atom. The van der Waals surface area contributed by atoms with Crippen LogP contribution in [-0.4, -0.2) is 48.6 Å². The van der Waals surface area contributed by atoms with Crippen LogP contribution in [0.2, 0.25) is 0 Å². The molecular formula is C20H29N3O2. The molecule has 5 heteroatoms. The minimum absolute atomic E-state index is 0.0388. The number of aromatic nitrogens is 1. The van der Waals surface area contributed by atoms with Crippen molar-refractivity contribution < 1.29 is 9.53 Å². The third-order valence-electron chi connectivity index (χ3n) is 5.81. The van der Waals surface area contributed by atoms with Gasteiger partial charge in [0, 0.05) is 31.8 Å². The fourth-order valence-electron chi connectivity index (χ4n) is 4.23. The Morgan fingerprint density at radius 2 is 2.24 bits per heavy atom. The van der Waals surface area contributed by atoms with Gasteiger partial charge in [-0.25, -0.2) is 0 Å². The van der Waals surface area contributed by atoms with Crippen LogP contribution in [0.5, 0.6) is 0 Å². The van der Waals surface area contributed by atoms with Gasteiger partial charge in [0.25, 0.3) is 0 Å². The smallest absolute Gasteiger partial charge is 0.223 e. The molecule has 0 unspecified atom stereocenters. The maximum absolute atomic E-state index is 12.4. The van der Waals surface area contributed by atoms with Crippen LogP contribution in [0, 0.1) is 17.8 Å². The molecule has 0 spiro atoms. The van der Waals surface area contributed by atoms with Crippen molar-refractivity contribution >= 4 is 5.91 Å². The number of likely N-dealkylation sites (tertiary alicyclic amines) is 1. The third-order valence-corrected chi connectivity index (χ3v) is 5.81. The van der Waals surface area contributed by atoms with Crippen LogP contribution in [0.25, 0.3) is 0 Å². The lowest BCUT2D eigenvalue weighted by Crippen LogP contribution is -2.45. The SMILES string of the molecule is O=C(N[C@H](c1ccccn1)[C@@H]1CCCN(C[C@@H]2CCOC2)C1)C1CC1. The summed E-state index contributed by atoms with van der Waals surface area (Å²) in [7, 11) is 0. The fourth-order valence-corrected chi connectivity index (χ4v) is 4.23. The largest absolute Gasteiger partial charge is 0.381 e. The number of hydrogen-bond donors (Lipinski definition) is 1. The van der Waals surface area contributed by atoms with Gasteiger partial charge >= 0.3 is 0 Å². The number of amides is 1. The second-order valence-corrected chi connectivity index (χ2v) is 7.91. The molecule has 1 aromatic rings. The Morgan fingerprint density at radius 1 is 1.32 bits per heavy atom. The Hall–Kier alpha value is -1.46. The molecule has 25 heavy (non-hydrogen) atoms. The van der Waals surface area contributed by atoms with Crippen molar-refractivity contribution in [2.45, 2.75) is 38.1 Å². The summed E-state index contributed by atoms with van der Waals surface area (Å²) >= 11 is 0. The molecule has 3 fully saturated rings. The second kappa shape index (κ2) is 7.83. The van der Waals surface area contributed by atoms with Crippen molar-refractivity contribution in [2.24, 2.45) is 17.8 Å². The minimum Gasteiger partial charge on any atom is -0.381 e. The van der Waals surface area contributed by atoms with Crippen LogP contribution >= 0.6 is 0 Å². The Kier molecular flexibility index (Phi) is 5.32. The van der Waals surface area contributed by atoms with E-state index in [4.69, 9.17) is 4.74 Å². The van der Waals surface area contributed by atoms with Gasteiger partial charge in [-0.05, 0) is 62.6 Å². The van der Waals surface area contributed by atoms with E-state index in [1.54, 1.807) is 0 Å². The van der Waals surface area contributed by atoms with Gasteiger partial charge in [-0.2, -0.15) is 0 Å². The van der Waals surface area contributed by atoms with Crippen molar-refractivity contribution in [3.63, 3.8) is 0 Å². The number of piperidine rings is 1. The fraction of sp³-hybridized carbons (Fsp3) is 0.700. The number of carbonyl (C=O) groups excluding carboxylic acids is 1. The van der Waals surface area contributed by atoms with Gasteiger partial charge in [-0.1, -0.05) is 6.07 Å². The molecule has 3 atom stereocenters. The average molecular weight is 343 g/mol. The van der Waals surface area contributed by atoms with E-state index in [9.17, 15) is 4.79 Å². The van der Waals surface area contributed by atoms with Gasteiger partial charge < -0.3 is 15.0 Å². The highest BCUT2D eigenvalue weighted by molar-refractivity contribution is 5.81. The van der Waals surface area contributed by atoms with E-state index in [1.165, 1.54) is 19.4 Å². The zero-order chi connectivity index (χ0) is 17.1. The Balaban J connectivity index is 1.44. The maximum Gasteiger partial charge on any atom is 0.223 e. The van der Waals surface area contributed by atoms with E-state index in [1.807, 2.05) is 18.3 Å². The highest BCUT2D eigenvalue weighted by atomic mass is 16.5. The number of pyridine rings is 1. The summed E-state index contributed by atoms with van der Waals surface area (Å²) in [6.07, 6.45) is 7.45. The number of hydrogen-bond acceptors (Lipinski definition) is 4. The van der Waals surface area contributed by atoms with Crippen molar-refractivity contribution in [1.29, 1.82) is 0 Å². The first-order valence-electron chi connectivity index (χ1n) is 9.81. The first-order chi connectivity index (χ1) is 12.3. The summed E-state index contributed by atoms with van der Waals surface area (Å²) in [5.41, 5.74) is 1.01. The first-order valence-corrected chi connectivity index (χ1v) is 9.81. The lowest BCUT2D eigenvalue weighted by molar-refractivity contribution is -0.123. The molecular weight excluding hydrogens is 314 g/mol. The van der Waals surface area contributed by atoms with Gasteiger partial charge in [0.1, 0.15) is 0 Å². The van der Waals surface area contributed by atoms with Crippen molar-refractivity contribution in [2.75, 3.05) is 32.8 Å². The van der Waals surface area contributed by atoms with Crippen LogP contribution in [0.1, 0.15) is 43.8 Å². The molecule has 1 aliphatic carbocycles. The summed E-state index contributed by atoms with van der Waals surface area (Å²) in [6.45, 7) is 5.16. The quantitative estimate of drug-likeness (QED) is 0.862. The van der Waals surface area contributed by atoms with Gasteiger partial charge in [0.05, 0.1) is 18.3 Å². The molecule has 1 amide bonds. The van der Waals surface area contributed by atoms with E-state index in [2.05, 4.69) is 21.3 Å². The topological polar surface area (TPSA) is 54.5 Å². The van der Waals surface area contributed by atoms with E-state index in [0.29, 0.717) is 11.8 Å². The predicted octanol–water partition coefficient (Wildman–Crippen LogP) is 2.40. The van der Waals surface area contributed by atoms with Crippen molar-refractivity contribution in [1.82, 2.24) is 15.2 Å². The monoisotopic (exact) mass is 343 g/mol. The zero-order valence-corrected chi connectivity index (χ0v) is 14.9. The number of carbonyl (C=O) groups is 1. The Bertz CT molecular complexity index is 570. The van der Waals surface area contributed by atoms with Crippen molar-refractivity contribution in [3.05, 3.63) is 30.1 Å². The Labute approximate surface area is 150 Å². The molecule has 1 saturated carbocycles. The lowest BCUT2D eigenvalue weighted by atomic mass is 9.87. The minimum atomic E-state index is 0.0388. The standard InChI is InChI=1S/C20H29N3O2/c24-20(16-6-7-16)22-19(18-5-1-2-9-21-18)17-4-3-10-23(13-17)12-15-8-11-25-14-15/h1-2,5,9,15-17,19H,3-4,6-8,10-14H2,(H,22,24)/t15-,17+,19-/m0/s1. The van der Waals surface area contributed by atoms with Gasteiger partial charge in [-0.15, -0.1) is 0 Å². The number of rotatable bonds is 6. The van der Waals surface area contributed by atoms with Gasteiger partial charge in [0.2, 0.25) is 5.91 Å². The summed E-state index contributed by atoms with van der Waals surface area (Å²) in [4.78, 5) is 19.6. The molecule has 2 saturated heterocycles. The summed E-state index contributed by atoms with van der Waals surface area (Å²) in [5.74, 6) is 1.57. The molecule has 3 aliphatic rings. The number of ether oxygens (including phenoxy) is 1. The molecule has 5 nitrogen and oxygen atoms in total. The first kappa shape index (κ1) is 17.0. The molecule has 0 bridgehead atoms. The number of nitrogens with one attached hydrogen (secondary N) is 1. The summed E-state index contributed by atoms with van der Waals surface area (Å²) in [6, 6.07) is 6.06. The van der Waals surface area contributed by atoms with E-state index >= 15 is 0 Å². The van der Waals surface area contributed by atoms with Crippen LogP contribution in [-0.2, 0) is 9.53 Å². The average Bonchev–Trinajstić information content (AvgIpc) is 3.38. The summed E-state index contributed by atoms with van der Waals surface area (Å²) in [5, 5.41) is 3.33. The van der Waals surface area contributed by atoms with E-state index in [0.717, 1.165) is 51.3 Å². The molecule has 0 radical (unpaired) electrons. The second-order valence-electron chi connectivity index (χ2n) is 7.91. The highest BCUT2D eigenvalue weighted by Crippen LogP contribution is 2.33. The van der Waals surface area contributed by atoms with Crippen LogP contribution < -0.4 is 5.32 Å². The van der Waals surface area contributed by atoms with Crippen LogP contribution in [0.15, 0.2) is 24.4 Å². The predicted molar refractivity (Wildman–Crippen MR) is 95.9 cm³/mol. The normalized spacial score (nSPS) is 28.6. The van der Waals surface area contributed by atoms with Crippen LogP contribution in [0.4, 0.5) is 0 Å². The molecule has 1 aromatic heterocycles. The van der Waals surface area contributed by atoms with Gasteiger partial charge in [-0.3, -0.25) is 9.78 Å². The molecule has 3 heterocycles. The molecule has 0 aromatic carbocycles. The lowest BCUT2D eigenvalue weighted by Gasteiger charge is -2.38. The molecule has 2 aliphatic heterocycles. The maximum atomic E-state index is 12.4.